The normalized spacial score (nSPS) is 12.2. The molecule has 1 aliphatic heterocycles. The first-order valence-corrected chi connectivity index (χ1v) is 8.84. The zero-order valence-corrected chi connectivity index (χ0v) is 14.2. The van der Waals surface area contributed by atoms with Gasteiger partial charge in [0.15, 0.2) is 11.5 Å². The molecule has 0 saturated carbocycles. The van der Waals surface area contributed by atoms with Crippen molar-refractivity contribution in [1.29, 1.82) is 0 Å². The average molecular weight is 352 g/mol. The Morgan fingerprint density at radius 2 is 2.00 bits per heavy atom. The van der Waals surface area contributed by atoms with Crippen LogP contribution in [-0.4, -0.2) is 17.7 Å². The summed E-state index contributed by atoms with van der Waals surface area (Å²) in [6.45, 7) is 0.687. The van der Waals surface area contributed by atoms with E-state index in [-0.39, 0.29) is 12.7 Å². The molecular weight excluding hydrogens is 336 g/mol. The Balaban J connectivity index is 1.37. The number of carbonyl (C=O) groups excluding carboxylic acids is 1. The highest BCUT2D eigenvalue weighted by Crippen LogP contribution is 2.32. The van der Waals surface area contributed by atoms with Gasteiger partial charge in [-0.25, -0.2) is 0 Å². The van der Waals surface area contributed by atoms with E-state index >= 15 is 0 Å². The van der Waals surface area contributed by atoms with Crippen molar-refractivity contribution in [3.05, 3.63) is 64.6 Å². The van der Waals surface area contributed by atoms with Gasteiger partial charge in [-0.1, -0.05) is 6.07 Å². The number of nitrogens with one attached hydrogen (secondary N) is 1. The lowest BCUT2D eigenvalue weighted by Crippen LogP contribution is -2.24. The number of rotatable bonds is 5. The largest absolute Gasteiger partial charge is 0.454 e. The van der Waals surface area contributed by atoms with Crippen LogP contribution in [0.3, 0.4) is 0 Å². The van der Waals surface area contributed by atoms with E-state index in [4.69, 9.17) is 9.47 Å². The number of fused-ring (bicyclic) bond motifs is 1. The van der Waals surface area contributed by atoms with Gasteiger partial charge in [0, 0.05) is 24.5 Å². The molecule has 0 fully saturated rings. The van der Waals surface area contributed by atoms with Gasteiger partial charge in [-0.2, -0.15) is 11.3 Å². The predicted octanol–water partition coefficient (Wildman–Crippen LogP) is 3.40. The minimum atomic E-state index is -0.0419. The Hall–Kier alpha value is -2.86. The number of thiophene rings is 1. The van der Waals surface area contributed by atoms with E-state index < -0.39 is 0 Å². The molecule has 3 aromatic rings. The number of aromatic nitrogens is 1. The number of amides is 1. The molecule has 25 heavy (non-hydrogen) atoms. The van der Waals surface area contributed by atoms with Crippen molar-refractivity contribution in [3.8, 4) is 22.6 Å². The first-order valence-electron chi connectivity index (χ1n) is 7.90. The molecule has 5 nitrogen and oxygen atoms in total. The maximum atomic E-state index is 12.2. The zero-order valence-electron chi connectivity index (χ0n) is 13.4. The van der Waals surface area contributed by atoms with Crippen LogP contribution >= 0.6 is 11.3 Å². The minimum Gasteiger partial charge on any atom is -0.454 e. The number of hydrogen-bond donors (Lipinski definition) is 1. The third-order valence-corrected chi connectivity index (χ3v) is 4.62. The molecule has 0 bridgehead atoms. The van der Waals surface area contributed by atoms with Crippen LogP contribution in [0.2, 0.25) is 0 Å². The molecule has 4 rings (SSSR count). The summed E-state index contributed by atoms with van der Waals surface area (Å²) in [5.74, 6) is 1.37. The van der Waals surface area contributed by atoms with Gasteiger partial charge in [0.1, 0.15) is 0 Å². The van der Waals surface area contributed by atoms with E-state index in [9.17, 15) is 4.79 Å². The number of ether oxygens (including phenoxy) is 2. The monoisotopic (exact) mass is 352 g/mol. The molecule has 0 unspecified atom stereocenters. The number of hydrogen-bond acceptors (Lipinski definition) is 5. The van der Waals surface area contributed by atoms with Gasteiger partial charge in [0.2, 0.25) is 12.7 Å². The molecule has 0 aliphatic carbocycles. The van der Waals surface area contributed by atoms with Crippen LogP contribution < -0.4 is 14.8 Å². The highest BCUT2D eigenvalue weighted by Gasteiger charge is 2.14. The van der Waals surface area contributed by atoms with Gasteiger partial charge in [0.05, 0.1) is 6.42 Å². The van der Waals surface area contributed by atoms with E-state index in [1.165, 1.54) is 0 Å². The molecular formula is C19H16N2O3S. The van der Waals surface area contributed by atoms with Gasteiger partial charge < -0.3 is 14.8 Å². The second-order valence-corrected chi connectivity index (χ2v) is 6.52. The minimum absolute atomic E-state index is 0.0419. The van der Waals surface area contributed by atoms with E-state index in [1.807, 2.05) is 29.8 Å². The molecule has 1 amide bonds. The van der Waals surface area contributed by atoms with Crippen molar-refractivity contribution in [2.75, 3.05) is 6.79 Å². The van der Waals surface area contributed by atoms with Gasteiger partial charge in [0.25, 0.3) is 0 Å². The lowest BCUT2D eigenvalue weighted by molar-refractivity contribution is -0.120. The lowest BCUT2D eigenvalue weighted by atomic mass is 10.1. The van der Waals surface area contributed by atoms with Crippen LogP contribution in [0.4, 0.5) is 0 Å². The Kier molecular flexibility index (Phi) is 4.35. The summed E-state index contributed by atoms with van der Waals surface area (Å²) in [4.78, 5) is 16.5. The summed E-state index contributed by atoms with van der Waals surface area (Å²) >= 11 is 1.65. The first-order chi connectivity index (χ1) is 12.3. The molecule has 2 aromatic heterocycles. The van der Waals surface area contributed by atoms with E-state index in [0.717, 1.165) is 28.0 Å². The molecule has 0 saturated heterocycles. The Morgan fingerprint density at radius 3 is 2.88 bits per heavy atom. The third-order valence-electron chi connectivity index (χ3n) is 3.94. The quantitative estimate of drug-likeness (QED) is 0.765. The average Bonchev–Trinajstić information content (AvgIpc) is 3.31. The molecule has 1 aromatic carbocycles. The van der Waals surface area contributed by atoms with Crippen molar-refractivity contribution in [2.45, 2.75) is 13.0 Å². The van der Waals surface area contributed by atoms with Crippen molar-refractivity contribution in [3.63, 3.8) is 0 Å². The molecule has 0 atom stereocenters. The Bertz CT molecular complexity index is 893. The number of pyridine rings is 1. The molecule has 0 radical (unpaired) electrons. The highest BCUT2D eigenvalue weighted by molar-refractivity contribution is 7.08. The summed E-state index contributed by atoms with van der Waals surface area (Å²) in [6, 6.07) is 9.67. The maximum absolute atomic E-state index is 12.2. The second-order valence-electron chi connectivity index (χ2n) is 5.74. The van der Waals surface area contributed by atoms with Crippen molar-refractivity contribution in [2.24, 2.45) is 0 Å². The SMILES string of the molecule is O=C(Cc1ccc2c(c1)OCO2)NCc1cncc(-c2ccsc2)c1. The zero-order chi connectivity index (χ0) is 17.1. The third kappa shape index (κ3) is 3.64. The molecule has 1 aliphatic rings. The van der Waals surface area contributed by atoms with Crippen molar-refractivity contribution < 1.29 is 14.3 Å². The lowest BCUT2D eigenvalue weighted by Gasteiger charge is -2.07. The van der Waals surface area contributed by atoms with Crippen LogP contribution in [0.25, 0.3) is 11.1 Å². The molecule has 3 heterocycles. The van der Waals surface area contributed by atoms with E-state index in [2.05, 4.69) is 27.8 Å². The second kappa shape index (κ2) is 6.94. The van der Waals surface area contributed by atoms with E-state index in [0.29, 0.717) is 18.7 Å². The van der Waals surface area contributed by atoms with Crippen molar-refractivity contribution in [1.82, 2.24) is 10.3 Å². The standard InChI is InChI=1S/C19H16N2O3S/c22-19(7-13-1-2-17-18(6-13)24-12-23-17)21-9-14-5-16(10-20-8-14)15-3-4-25-11-15/h1-6,8,10-11H,7,9,12H2,(H,21,22). The van der Waals surface area contributed by atoms with Gasteiger partial charge in [-0.3, -0.25) is 9.78 Å². The topological polar surface area (TPSA) is 60.5 Å². The van der Waals surface area contributed by atoms with Crippen LogP contribution in [0, 0.1) is 0 Å². The molecule has 1 N–H and O–H groups in total. The summed E-state index contributed by atoms with van der Waals surface area (Å²) in [6.07, 6.45) is 3.91. The Morgan fingerprint density at radius 1 is 1.08 bits per heavy atom. The van der Waals surface area contributed by atoms with Crippen LogP contribution in [0.15, 0.2) is 53.5 Å². The summed E-state index contributed by atoms with van der Waals surface area (Å²) in [5.41, 5.74) is 4.07. The summed E-state index contributed by atoms with van der Waals surface area (Å²) in [7, 11) is 0. The van der Waals surface area contributed by atoms with Gasteiger partial charge >= 0.3 is 0 Å². The number of carbonyl (C=O) groups is 1. The fraction of sp³-hybridized carbons (Fsp3) is 0.158. The summed E-state index contributed by atoms with van der Waals surface area (Å²) < 4.78 is 10.6. The number of benzene rings is 1. The molecule has 0 spiro atoms. The Labute approximate surface area is 149 Å². The van der Waals surface area contributed by atoms with Crippen LogP contribution in [-0.2, 0) is 17.8 Å². The fourth-order valence-electron chi connectivity index (χ4n) is 2.67. The fourth-order valence-corrected chi connectivity index (χ4v) is 3.34. The first kappa shape index (κ1) is 15.7. The van der Waals surface area contributed by atoms with Gasteiger partial charge in [-0.05, 0) is 51.7 Å². The van der Waals surface area contributed by atoms with Crippen molar-refractivity contribution >= 4 is 17.2 Å². The molecule has 126 valence electrons. The van der Waals surface area contributed by atoms with E-state index in [1.54, 1.807) is 17.5 Å². The highest BCUT2D eigenvalue weighted by atomic mass is 32.1. The maximum Gasteiger partial charge on any atom is 0.231 e. The van der Waals surface area contributed by atoms with Crippen LogP contribution in [0.1, 0.15) is 11.1 Å². The van der Waals surface area contributed by atoms with Crippen LogP contribution in [0.5, 0.6) is 11.5 Å². The van der Waals surface area contributed by atoms with Gasteiger partial charge in [-0.15, -0.1) is 0 Å². The number of nitrogens with zero attached hydrogens (tertiary/aromatic N) is 1. The molecule has 6 heteroatoms. The summed E-state index contributed by atoms with van der Waals surface area (Å²) in [5, 5.41) is 7.06. The predicted molar refractivity (Wildman–Crippen MR) is 95.7 cm³/mol. The smallest absolute Gasteiger partial charge is 0.231 e.